The summed E-state index contributed by atoms with van der Waals surface area (Å²) in [7, 11) is 0. The maximum Gasteiger partial charge on any atom is 0.252 e. The molecule has 1 fully saturated rings. The average Bonchev–Trinajstić information content (AvgIpc) is 3.56. The molecule has 2 aromatic heterocycles. The number of hydrogen-bond donors (Lipinski definition) is 1. The number of nitrogens with one attached hydrogen (secondary N) is 1. The third kappa shape index (κ3) is 5.74. The van der Waals surface area contributed by atoms with E-state index in [0.29, 0.717) is 12.6 Å². The zero-order valence-electron chi connectivity index (χ0n) is 18.5. The number of benzene rings is 1. The van der Waals surface area contributed by atoms with Crippen molar-refractivity contribution < 1.29 is 4.79 Å². The summed E-state index contributed by atoms with van der Waals surface area (Å²) in [5, 5.41) is 16.1. The summed E-state index contributed by atoms with van der Waals surface area (Å²) in [6.45, 7) is 2.63. The van der Waals surface area contributed by atoms with Gasteiger partial charge in [0.05, 0.1) is 16.3 Å². The molecule has 32 heavy (non-hydrogen) atoms. The molecule has 0 spiro atoms. The van der Waals surface area contributed by atoms with Gasteiger partial charge in [0, 0.05) is 35.0 Å². The lowest BCUT2D eigenvalue weighted by Gasteiger charge is -2.16. The summed E-state index contributed by atoms with van der Waals surface area (Å²) in [6, 6.07) is 8.32. The zero-order chi connectivity index (χ0) is 22.3. The van der Waals surface area contributed by atoms with Crippen molar-refractivity contribution >= 4 is 40.8 Å². The maximum atomic E-state index is 12.8. The van der Waals surface area contributed by atoms with Gasteiger partial charge in [0.2, 0.25) is 0 Å². The highest BCUT2D eigenvalue weighted by atomic mass is 32.2. The number of thiazole rings is 1. The van der Waals surface area contributed by atoms with Crippen molar-refractivity contribution in [2.45, 2.75) is 67.3 Å². The molecule has 0 saturated heterocycles. The monoisotopic (exact) mass is 487 g/mol. The third-order valence-electron chi connectivity index (χ3n) is 5.64. The lowest BCUT2D eigenvalue weighted by Crippen LogP contribution is -2.25. The zero-order valence-corrected chi connectivity index (χ0v) is 21.0. The SMILES string of the molecule is CSc1nnc(CCCNC(=O)c2ccccc2SCc2csc(C)n2)n1C1CCCC1. The van der Waals surface area contributed by atoms with Crippen molar-refractivity contribution in [3.8, 4) is 0 Å². The van der Waals surface area contributed by atoms with Crippen LogP contribution in [0.25, 0.3) is 0 Å². The molecule has 1 N–H and O–H groups in total. The molecule has 1 aliphatic rings. The Labute approximate surface area is 202 Å². The van der Waals surface area contributed by atoms with Crippen LogP contribution in [0.3, 0.4) is 0 Å². The van der Waals surface area contributed by atoms with Crippen LogP contribution in [-0.2, 0) is 12.2 Å². The van der Waals surface area contributed by atoms with Gasteiger partial charge in [-0.25, -0.2) is 4.98 Å². The first-order valence-electron chi connectivity index (χ1n) is 11.0. The Kier molecular flexibility index (Phi) is 8.26. The predicted molar refractivity (Wildman–Crippen MR) is 133 cm³/mol. The molecular formula is C23H29N5OS3. The van der Waals surface area contributed by atoms with Crippen molar-refractivity contribution in [1.82, 2.24) is 25.1 Å². The second kappa shape index (κ2) is 11.3. The summed E-state index contributed by atoms with van der Waals surface area (Å²) in [6.07, 6.45) is 8.72. The van der Waals surface area contributed by atoms with E-state index in [0.717, 1.165) is 50.7 Å². The minimum absolute atomic E-state index is 0.0235. The molecule has 0 atom stereocenters. The van der Waals surface area contributed by atoms with Crippen LogP contribution in [0.4, 0.5) is 0 Å². The lowest BCUT2D eigenvalue weighted by molar-refractivity contribution is 0.0950. The van der Waals surface area contributed by atoms with E-state index in [1.807, 2.05) is 31.2 Å². The van der Waals surface area contributed by atoms with E-state index in [1.54, 1.807) is 34.9 Å². The maximum absolute atomic E-state index is 12.8. The number of thioether (sulfide) groups is 2. The highest BCUT2D eigenvalue weighted by Crippen LogP contribution is 2.33. The van der Waals surface area contributed by atoms with E-state index in [1.165, 1.54) is 25.7 Å². The summed E-state index contributed by atoms with van der Waals surface area (Å²) in [5.74, 6) is 1.79. The van der Waals surface area contributed by atoms with Crippen molar-refractivity contribution in [2.75, 3.05) is 12.8 Å². The minimum atomic E-state index is -0.0235. The molecule has 170 valence electrons. The first-order chi connectivity index (χ1) is 15.7. The quantitative estimate of drug-likeness (QED) is 0.299. The van der Waals surface area contributed by atoms with E-state index >= 15 is 0 Å². The molecule has 0 radical (unpaired) electrons. The molecule has 0 aliphatic heterocycles. The fraction of sp³-hybridized carbons (Fsp3) is 0.478. The molecule has 1 saturated carbocycles. The van der Waals surface area contributed by atoms with Gasteiger partial charge in [-0.15, -0.1) is 33.3 Å². The largest absolute Gasteiger partial charge is 0.352 e. The topological polar surface area (TPSA) is 72.7 Å². The first kappa shape index (κ1) is 23.3. The summed E-state index contributed by atoms with van der Waals surface area (Å²) >= 11 is 4.98. The number of rotatable bonds is 10. The van der Waals surface area contributed by atoms with Crippen LogP contribution in [0.5, 0.6) is 0 Å². The molecule has 1 aliphatic carbocycles. The Morgan fingerprint density at radius 1 is 1.25 bits per heavy atom. The van der Waals surface area contributed by atoms with Gasteiger partial charge < -0.3 is 9.88 Å². The second-order valence-electron chi connectivity index (χ2n) is 7.91. The van der Waals surface area contributed by atoms with Gasteiger partial charge in [0.15, 0.2) is 5.16 Å². The average molecular weight is 488 g/mol. The molecule has 6 nitrogen and oxygen atoms in total. The molecule has 9 heteroatoms. The molecule has 3 aromatic rings. The molecule has 1 aromatic carbocycles. The molecule has 0 unspecified atom stereocenters. The summed E-state index contributed by atoms with van der Waals surface area (Å²) in [5.41, 5.74) is 1.78. The molecule has 2 heterocycles. The number of aryl methyl sites for hydroxylation is 2. The normalized spacial score (nSPS) is 14.2. The Balaban J connectivity index is 1.31. The van der Waals surface area contributed by atoms with Gasteiger partial charge in [0.1, 0.15) is 5.82 Å². The fourth-order valence-electron chi connectivity index (χ4n) is 4.10. The second-order valence-corrected chi connectivity index (χ2v) is 10.8. The van der Waals surface area contributed by atoms with Gasteiger partial charge in [-0.3, -0.25) is 4.79 Å². The molecule has 1 amide bonds. The van der Waals surface area contributed by atoms with Gasteiger partial charge in [-0.1, -0.05) is 36.7 Å². The highest BCUT2D eigenvalue weighted by Gasteiger charge is 2.23. The Hall–Kier alpha value is -1.84. The van der Waals surface area contributed by atoms with Gasteiger partial charge in [0.25, 0.3) is 5.91 Å². The minimum Gasteiger partial charge on any atom is -0.352 e. The van der Waals surface area contributed by atoms with E-state index in [2.05, 4.69) is 36.7 Å². The number of hydrogen-bond acceptors (Lipinski definition) is 7. The predicted octanol–water partition coefficient (Wildman–Crippen LogP) is 5.53. The van der Waals surface area contributed by atoms with E-state index in [4.69, 9.17) is 0 Å². The number of aromatic nitrogens is 4. The van der Waals surface area contributed by atoms with Crippen LogP contribution in [0, 0.1) is 6.92 Å². The van der Waals surface area contributed by atoms with Crippen LogP contribution in [0.1, 0.15) is 65.0 Å². The van der Waals surface area contributed by atoms with Gasteiger partial charge in [-0.05, 0) is 44.6 Å². The number of nitrogens with zero attached hydrogens (tertiary/aromatic N) is 4. The Bertz CT molecular complexity index is 1040. The van der Waals surface area contributed by atoms with Crippen molar-refractivity contribution in [3.05, 3.63) is 51.7 Å². The molecular weight excluding hydrogens is 458 g/mol. The molecule has 4 rings (SSSR count). The van der Waals surface area contributed by atoms with Gasteiger partial charge in [-0.2, -0.15) is 0 Å². The van der Waals surface area contributed by atoms with Crippen LogP contribution in [0.15, 0.2) is 39.7 Å². The van der Waals surface area contributed by atoms with Crippen molar-refractivity contribution in [1.29, 1.82) is 0 Å². The highest BCUT2D eigenvalue weighted by molar-refractivity contribution is 7.98. The van der Waals surface area contributed by atoms with Crippen LogP contribution >= 0.6 is 34.9 Å². The van der Waals surface area contributed by atoms with Crippen LogP contribution in [-0.4, -0.2) is 38.5 Å². The smallest absolute Gasteiger partial charge is 0.252 e. The van der Waals surface area contributed by atoms with E-state index in [9.17, 15) is 4.79 Å². The van der Waals surface area contributed by atoms with Crippen LogP contribution in [0.2, 0.25) is 0 Å². The standard InChI is InChI=1S/C23H29N5OS3/c1-16-25-17(14-31-16)15-32-20-11-6-5-10-19(20)22(29)24-13-7-12-21-26-27-23(30-2)28(21)18-8-3-4-9-18/h5-6,10-11,14,18H,3-4,7-9,12-13,15H2,1-2H3,(H,24,29). The summed E-state index contributed by atoms with van der Waals surface area (Å²) < 4.78 is 2.34. The first-order valence-corrected chi connectivity index (χ1v) is 14.1. The lowest BCUT2D eigenvalue weighted by atomic mass is 10.2. The van der Waals surface area contributed by atoms with E-state index in [-0.39, 0.29) is 5.91 Å². The number of carbonyl (C=O) groups is 1. The van der Waals surface area contributed by atoms with E-state index < -0.39 is 0 Å². The van der Waals surface area contributed by atoms with Gasteiger partial charge >= 0.3 is 0 Å². The van der Waals surface area contributed by atoms with Crippen molar-refractivity contribution in [3.63, 3.8) is 0 Å². The van der Waals surface area contributed by atoms with Crippen LogP contribution < -0.4 is 5.32 Å². The Morgan fingerprint density at radius 3 is 2.81 bits per heavy atom. The van der Waals surface area contributed by atoms with Crippen molar-refractivity contribution in [2.24, 2.45) is 0 Å². The fourth-order valence-corrected chi connectivity index (χ4v) is 6.33. The third-order valence-corrected chi connectivity index (χ3v) is 8.22. The number of carbonyl (C=O) groups excluding carboxylic acids is 1. The summed E-state index contributed by atoms with van der Waals surface area (Å²) in [4.78, 5) is 18.3. The Morgan fingerprint density at radius 2 is 2.06 bits per heavy atom. The molecule has 0 bridgehead atoms. The number of amides is 1.